The Kier molecular flexibility index (Phi) is 6.00. The number of carbonyl (C=O) groups is 1. The van der Waals surface area contributed by atoms with E-state index in [1.165, 1.54) is 4.88 Å². The van der Waals surface area contributed by atoms with Crippen LogP contribution in [0, 0.1) is 0 Å². The first kappa shape index (κ1) is 14.7. The van der Waals surface area contributed by atoms with Crippen molar-refractivity contribution in [1.82, 2.24) is 10.2 Å². The van der Waals surface area contributed by atoms with E-state index >= 15 is 0 Å². The number of hydrogen-bond donors (Lipinski definition) is 1. The van der Waals surface area contributed by atoms with E-state index in [9.17, 15) is 4.79 Å². The summed E-state index contributed by atoms with van der Waals surface area (Å²) in [6.07, 6.45) is 1.03. The Balaban J connectivity index is 1.81. The van der Waals surface area contributed by atoms with Crippen LogP contribution in [0.5, 0.6) is 0 Å². The quantitative estimate of drug-likeness (QED) is 0.869. The molecule has 1 aliphatic heterocycles. The molecule has 0 bridgehead atoms. The average Bonchev–Trinajstić information content (AvgIpc) is 2.83. The lowest BCUT2D eigenvalue weighted by Gasteiger charge is -2.20. The Hall–Kier alpha value is -0.720. The van der Waals surface area contributed by atoms with E-state index in [-0.39, 0.29) is 6.03 Å². The van der Waals surface area contributed by atoms with Crippen molar-refractivity contribution in [3.05, 3.63) is 22.4 Å². The second-order valence-corrected chi connectivity index (χ2v) is 6.67. The molecule has 6 heteroatoms. The Morgan fingerprint density at radius 2 is 2.47 bits per heavy atom. The van der Waals surface area contributed by atoms with Gasteiger partial charge in [0.1, 0.15) is 0 Å². The Morgan fingerprint density at radius 1 is 1.58 bits per heavy atom. The summed E-state index contributed by atoms with van der Waals surface area (Å²) >= 11 is 3.76. The van der Waals surface area contributed by atoms with Gasteiger partial charge in [-0.2, -0.15) is 11.8 Å². The first-order chi connectivity index (χ1) is 9.31. The molecule has 1 N–H and O–H groups in total. The molecule has 1 aromatic heterocycles. The highest BCUT2D eigenvalue weighted by Gasteiger charge is 2.22. The molecular formula is C13H20N2O2S2. The summed E-state index contributed by atoms with van der Waals surface area (Å²) in [5, 5.41) is 5.55. The molecule has 0 aliphatic carbocycles. The largest absolute Gasteiger partial charge is 0.383 e. The Labute approximate surface area is 122 Å². The highest BCUT2D eigenvalue weighted by atomic mass is 32.2. The molecule has 1 aromatic rings. The maximum atomic E-state index is 12.0. The van der Waals surface area contributed by atoms with Gasteiger partial charge in [0.05, 0.1) is 6.61 Å². The molecule has 2 amide bonds. The van der Waals surface area contributed by atoms with Crippen molar-refractivity contribution in [1.29, 1.82) is 0 Å². The molecule has 0 saturated carbocycles. The monoisotopic (exact) mass is 300 g/mol. The lowest BCUT2D eigenvalue weighted by atomic mass is 10.2. The van der Waals surface area contributed by atoms with Crippen molar-refractivity contribution in [2.45, 2.75) is 11.7 Å². The first-order valence-corrected chi connectivity index (χ1v) is 8.41. The summed E-state index contributed by atoms with van der Waals surface area (Å²) in [4.78, 5) is 15.3. The number of carbonyl (C=O) groups excluding carboxylic acids is 1. The van der Waals surface area contributed by atoms with Gasteiger partial charge in [0.25, 0.3) is 0 Å². The van der Waals surface area contributed by atoms with E-state index < -0.39 is 0 Å². The van der Waals surface area contributed by atoms with Crippen LogP contribution in [0.25, 0.3) is 0 Å². The SMILES string of the molecule is COCCNC(=O)N1CCSC(c2cccs2)CC1. The lowest BCUT2D eigenvalue weighted by molar-refractivity contribution is 0.181. The summed E-state index contributed by atoms with van der Waals surface area (Å²) in [7, 11) is 1.64. The summed E-state index contributed by atoms with van der Waals surface area (Å²) in [6.45, 7) is 2.79. The van der Waals surface area contributed by atoms with Gasteiger partial charge in [0, 0.05) is 42.6 Å². The van der Waals surface area contributed by atoms with Crippen LogP contribution in [0.15, 0.2) is 17.5 Å². The third kappa shape index (κ3) is 4.40. The zero-order valence-corrected chi connectivity index (χ0v) is 12.8. The molecule has 1 aliphatic rings. The summed E-state index contributed by atoms with van der Waals surface area (Å²) < 4.78 is 4.93. The number of thiophene rings is 1. The minimum absolute atomic E-state index is 0.0319. The van der Waals surface area contributed by atoms with Crippen molar-refractivity contribution in [2.24, 2.45) is 0 Å². The summed E-state index contributed by atoms with van der Waals surface area (Å²) in [5.74, 6) is 1.00. The van der Waals surface area contributed by atoms with E-state index in [0.717, 1.165) is 25.3 Å². The normalized spacial score (nSPS) is 20.1. The number of nitrogens with zero attached hydrogens (tertiary/aromatic N) is 1. The van der Waals surface area contributed by atoms with Crippen LogP contribution >= 0.6 is 23.1 Å². The van der Waals surface area contributed by atoms with Crippen LogP contribution in [-0.2, 0) is 4.74 Å². The highest BCUT2D eigenvalue weighted by Crippen LogP contribution is 2.36. The number of urea groups is 1. The molecule has 1 saturated heterocycles. The Morgan fingerprint density at radius 3 is 3.21 bits per heavy atom. The van der Waals surface area contributed by atoms with Crippen LogP contribution < -0.4 is 5.32 Å². The number of amides is 2. The van der Waals surface area contributed by atoms with Gasteiger partial charge < -0.3 is 15.0 Å². The zero-order chi connectivity index (χ0) is 13.5. The van der Waals surface area contributed by atoms with Crippen LogP contribution in [0.1, 0.15) is 16.5 Å². The van der Waals surface area contributed by atoms with E-state index in [1.54, 1.807) is 7.11 Å². The fourth-order valence-electron chi connectivity index (χ4n) is 2.05. The molecule has 4 nitrogen and oxygen atoms in total. The minimum Gasteiger partial charge on any atom is -0.383 e. The molecule has 1 fully saturated rings. The third-order valence-electron chi connectivity index (χ3n) is 3.07. The first-order valence-electron chi connectivity index (χ1n) is 6.48. The van der Waals surface area contributed by atoms with Gasteiger partial charge in [-0.3, -0.25) is 0 Å². The van der Waals surface area contributed by atoms with Crippen molar-refractivity contribution in [2.75, 3.05) is 39.1 Å². The maximum absolute atomic E-state index is 12.0. The second-order valence-electron chi connectivity index (χ2n) is 4.38. The molecule has 1 unspecified atom stereocenters. The van der Waals surface area contributed by atoms with Crippen LogP contribution in [0.2, 0.25) is 0 Å². The van der Waals surface area contributed by atoms with Gasteiger partial charge in [0.15, 0.2) is 0 Å². The van der Waals surface area contributed by atoms with Gasteiger partial charge in [-0.05, 0) is 17.9 Å². The predicted octanol–water partition coefficient (Wildman–Crippen LogP) is 2.58. The fourth-order valence-corrected chi connectivity index (χ4v) is 4.28. The fraction of sp³-hybridized carbons (Fsp3) is 0.615. The number of thioether (sulfide) groups is 1. The number of hydrogen-bond acceptors (Lipinski definition) is 4. The number of nitrogens with one attached hydrogen (secondary N) is 1. The molecular weight excluding hydrogens is 280 g/mol. The minimum atomic E-state index is 0.0319. The zero-order valence-electron chi connectivity index (χ0n) is 11.1. The van der Waals surface area contributed by atoms with E-state index in [2.05, 4.69) is 22.8 Å². The topological polar surface area (TPSA) is 41.6 Å². The lowest BCUT2D eigenvalue weighted by Crippen LogP contribution is -2.42. The molecule has 0 aromatic carbocycles. The van der Waals surface area contributed by atoms with E-state index in [0.29, 0.717) is 18.4 Å². The Bertz CT molecular complexity index is 384. The van der Waals surface area contributed by atoms with Crippen LogP contribution in [0.4, 0.5) is 4.79 Å². The molecule has 19 heavy (non-hydrogen) atoms. The van der Waals surface area contributed by atoms with E-state index in [4.69, 9.17) is 4.74 Å². The number of methoxy groups -OCH3 is 1. The van der Waals surface area contributed by atoms with Crippen molar-refractivity contribution < 1.29 is 9.53 Å². The van der Waals surface area contributed by atoms with Gasteiger partial charge in [-0.25, -0.2) is 4.79 Å². The average molecular weight is 300 g/mol. The number of rotatable bonds is 4. The van der Waals surface area contributed by atoms with Gasteiger partial charge in [0.2, 0.25) is 0 Å². The highest BCUT2D eigenvalue weighted by molar-refractivity contribution is 7.99. The summed E-state index contributed by atoms with van der Waals surface area (Å²) in [6, 6.07) is 4.32. The summed E-state index contributed by atoms with van der Waals surface area (Å²) in [5.41, 5.74) is 0. The van der Waals surface area contributed by atoms with Crippen LogP contribution in [-0.4, -0.2) is 50.0 Å². The van der Waals surface area contributed by atoms with Crippen LogP contribution in [0.3, 0.4) is 0 Å². The van der Waals surface area contributed by atoms with E-state index in [1.807, 2.05) is 28.0 Å². The third-order valence-corrected chi connectivity index (χ3v) is 5.52. The predicted molar refractivity (Wildman–Crippen MR) is 81.0 cm³/mol. The number of ether oxygens (including phenoxy) is 1. The molecule has 1 atom stereocenters. The molecule has 106 valence electrons. The van der Waals surface area contributed by atoms with Gasteiger partial charge in [-0.15, -0.1) is 11.3 Å². The van der Waals surface area contributed by atoms with Crippen molar-refractivity contribution in [3.63, 3.8) is 0 Å². The molecule has 0 spiro atoms. The second kappa shape index (κ2) is 7.77. The smallest absolute Gasteiger partial charge is 0.317 e. The molecule has 2 rings (SSSR count). The molecule has 2 heterocycles. The van der Waals surface area contributed by atoms with Gasteiger partial charge in [-0.1, -0.05) is 6.07 Å². The van der Waals surface area contributed by atoms with Crippen molar-refractivity contribution >= 4 is 29.1 Å². The van der Waals surface area contributed by atoms with Gasteiger partial charge >= 0.3 is 6.03 Å². The molecule has 0 radical (unpaired) electrons. The maximum Gasteiger partial charge on any atom is 0.317 e. The standard InChI is InChI=1S/C13H20N2O2S2/c1-17-8-5-14-13(16)15-6-4-12(19-10-7-15)11-3-2-9-18-11/h2-3,9,12H,4-8,10H2,1H3,(H,14,16). The van der Waals surface area contributed by atoms with Crippen molar-refractivity contribution in [3.8, 4) is 0 Å².